The van der Waals surface area contributed by atoms with Crippen molar-refractivity contribution in [3.05, 3.63) is 53.3 Å². The van der Waals surface area contributed by atoms with E-state index in [0.29, 0.717) is 13.0 Å². The Morgan fingerprint density at radius 3 is 2.24 bits per heavy atom. The van der Waals surface area contributed by atoms with Gasteiger partial charge in [-0.05, 0) is 57.0 Å². The van der Waals surface area contributed by atoms with E-state index in [1.165, 1.54) is 11.4 Å². The summed E-state index contributed by atoms with van der Waals surface area (Å²) in [6, 6.07) is 11.7. The lowest BCUT2D eigenvalue weighted by Crippen LogP contribution is -2.34. The third-order valence-electron chi connectivity index (χ3n) is 3.51. The van der Waals surface area contributed by atoms with Gasteiger partial charge in [-0.2, -0.15) is 0 Å². The molecule has 1 aromatic heterocycles. The predicted octanol–water partition coefficient (Wildman–Crippen LogP) is 2.53. The minimum absolute atomic E-state index is 0.348. The van der Waals surface area contributed by atoms with E-state index >= 15 is 0 Å². The maximum Gasteiger partial charge on any atom is 0.323 e. The van der Waals surface area contributed by atoms with Crippen LogP contribution in [0.5, 0.6) is 0 Å². The molecule has 0 aliphatic carbocycles. The lowest BCUT2D eigenvalue weighted by Gasteiger charge is -2.12. The van der Waals surface area contributed by atoms with Crippen LogP contribution in [0.1, 0.15) is 23.9 Å². The molecule has 2 aromatic rings. The number of hydrogen-bond acceptors (Lipinski definition) is 3. The third kappa shape index (κ3) is 3.52. The van der Waals surface area contributed by atoms with Crippen molar-refractivity contribution in [3.8, 4) is 5.69 Å². The molecule has 0 aliphatic rings. The summed E-state index contributed by atoms with van der Waals surface area (Å²) in [4.78, 5) is 11.5. The molecule has 0 amide bonds. The quantitative estimate of drug-likeness (QED) is 0.859. The van der Waals surface area contributed by atoms with E-state index in [0.717, 1.165) is 11.3 Å². The molecule has 112 valence electrons. The SMILES string of the molecule is CCOC(=O)C(N)Cc1ccc(-n2c(C)ccc2C)cc1. The zero-order valence-corrected chi connectivity index (χ0v) is 12.8. The summed E-state index contributed by atoms with van der Waals surface area (Å²) in [5.74, 6) is -0.348. The predicted molar refractivity (Wildman–Crippen MR) is 83.6 cm³/mol. The number of nitrogens with zero attached hydrogens (tertiary/aromatic N) is 1. The zero-order valence-electron chi connectivity index (χ0n) is 12.8. The van der Waals surface area contributed by atoms with E-state index in [1.807, 2.05) is 24.3 Å². The molecule has 4 heteroatoms. The molecule has 1 aromatic carbocycles. The smallest absolute Gasteiger partial charge is 0.323 e. The lowest BCUT2D eigenvalue weighted by atomic mass is 10.1. The van der Waals surface area contributed by atoms with Crippen LogP contribution in [0.15, 0.2) is 36.4 Å². The standard InChI is InChI=1S/C17H22N2O2/c1-4-21-17(20)16(18)11-14-7-9-15(10-8-14)19-12(2)5-6-13(19)3/h5-10,16H,4,11,18H2,1-3H3. The number of hydrogen-bond donors (Lipinski definition) is 1. The zero-order chi connectivity index (χ0) is 15.4. The normalized spacial score (nSPS) is 12.2. The van der Waals surface area contributed by atoms with Crippen LogP contribution in [0.3, 0.4) is 0 Å². The number of aromatic nitrogens is 1. The third-order valence-corrected chi connectivity index (χ3v) is 3.51. The number of carbonyl (C=O) groups excluding carboxylic acids is 1. The molecule has 0 bridgehead atoms. The second-order valence-electron chi connectivity index (χ2n) is 5.18. The fourth-order valence-electron chi connectivity index (χ4n) is 2.44. The van der Waals surface area contributed by atoms with Crippen molar-refractivity contribution >= 4 is 5.97 Å². The molecular formula is C17H22N2O2. The lowest BCUT2D eigenvalue weighted by molar-refractivity contribution is -0.144. The van der Waals surface area contributed by atoms with Crippen molar-refractivity contribution in [1.29, 1.82) is 0 Å². The Morgan fingerprint density at radius 1 is 1.14 bits per heavy atom. The molecule has 1 atom stereocenters. The van der Waals surface area contributed by atoms with Crippen molar-refractivity contribution in [2.24, 2.45) is 5.73 Å². The van der Waals surface area contributed by atoms with Crippen LogP contribution in [0.25, 0.3) is 5.69 Å². The molecule has 0 saturated heterocycles. The van der Waals surface area contributed by atoms with Gasteiger partial charge in [0.15, 0.2) is 0 Å². The molecule has 4 nitrogen and oxygen atoms in total. The van der Waals surface area contributed by atoms with E-state index in [4.69, 9.17) is 10.5 Å². The molecule has 0 aliphatic heterocycles. The molecule has 2 N–H and O–H groups in total. The van der Waals surface area contributed by atoms with Gasteiger partial charge in [0.1, 0.15) is 6.04 Å². The topological polar surface area (TPSA) is 57.2 Å². The highest BCUT2D eigenvalue weighted by atomic mass is 16.5. The van der Waals surface area contributed by atoms with Gasteiger partial charge >= 0.3 is 5.97 Å². The van der Waals surface area contributed by atoms with Crippen LogP contribution in [0.4, 0.5) is 0 Å². The first-order valence-electron chi connectivity index (χ1n) is 7.19. The summed E-state index contributed by atoms with van der Waals surface area (Å²) >= 11 is 0. The van der Waals surface area contributed by atoms with E-state index in [9.17, 15) is 4.79 Å². The highest BCUT2D eigenvalue weighted by Gasteiger charge is 2.15. The van der Waals surface area contributed by atoms with E-state index in [2.05, 4.69) is 30.5 Å². The van der Waals surface area contributed by atoms with Crippen LogP contribution in [-0.4, -0.2) is 23.2 Å². The second-order valence-corrected chi connectivity index (χ2v) is 5.18. The van der Waals surface area contributed by atoms with Crippen LogP contribution < -0.4 is 5.73 Å². The molecule has 21 heavy (non-hydrogen) atoms. The minimum atomic E-state index is -0.606. The first-order valence-corrected chi connectivity index (χ1v) is 7.19. The van der Waals surface area contributed by atoms with E-state index in [1.54, 1.807) is 6.92 Å². The number of aryl methyl sites for hydroxylation is 2. The van der Waals surface area contributed by atoms with Gasteiger partial charge in [0.25, 0.3) is 0 Å². The summed E-state index contributed by atoms with van der Waals surface area (Å²) in [6.07, 6.45) is 0.489. The molecule has 2 rings (SSSR count). The van der Waals surface area contributed by atoms with Gasteiger partial charge in [0.05, 0.1) is 6.61 Å². The monoisotopic (exact) mass is 286 g/mol. The van der Waals surface area contributed by atoms with Crippen molar-refractivity contribution in [2.75, 3.05) is 6.61 Å². The fourth-order valence-corrected chi connectivity index (χ4v) is 2.44. The van der Waals surface area contributed by atoms with Crippen molar-refractivity contribution in [3.63, 3.8) is 0 Å². The summed E-state index contributed by atoms with van der Waals surface area (Å²) in [5, 5.41) is 0. The van der Waals surface area contributed by atoms with Crippen LogP contribution >= 0.6 is 0 Å². The molecule has 0 saturated carbocycles. The number of rotatable bonds is 5. The Kier molecular flexibility index (Phi) is 4.81. The first-order chi connectivity index (χ1) is 10.0. The average molecular weight is 286 g/mol. The van der Waals surface area contributed by atoms with Crippen molar-refractivity contribution in [2.45, 2.75) is 33.2 Å². The average Bonchev–Trinajstić information content (AvgIpc) is 2.79. The molecule has 0 spiro atoms. The minimum Gasteiger partial charge on any atom is -0.465 e. The Hall–Kier alpha value is -2.07. The number of benzene rings is 1. The van der Waals surface area contributed by atoms with Gasteiger partial charge in [-0.25, -0.2) is 0 Å². The van der Waals surface area contributed by atoms with Gasteiger partial charge in [-0.3, -0.25) is 4.79 Å². The summed E-state index contributed by atoms with van der Waals surface area (Å²) < 4.78 is 7.11. The molecular weight excluding hydrogens is 264 g/mol. The Morgan fingerprint density at radius 2 is 1.71 bits per heavy atom. The molecule has 0 radical (unpaired) electrons. The maximum absolute atomic E-state index is 11.5. The number of carbonyl (C=O) groups is 1. The molecule has 1 heterocycles. The maximum atomic E-state index is 11.5. The van der Waals surface area contributed by atoms with Crippen LogP contribution in [0.2, 0.25) is 0 Å². The Balaban J connectivity index is 2.11. The number of ether oxygens (including phenoxy) is 1. The van der Waals surface area contributed by atoms with E-state index in [-0.39, 0.29) is 5.97 Å². The second kappa shape index (κ2) is 6.59. The van der Waals surface area contributed by atoms with Gasteiger partial charge in [-0.1, -0.05) is 12.1 Å². The molecule has 0 fully saturated rings. The largest absolute Gasteiger partial charge is 0.465 e. The van der Waals surface area contributed by atoms with Crippen LogP contribution in [-0.2, 0) is 16.0 Å². The van der Waals surface area contributed by atoms with Gasteiger partial charge < -0.3 is 15.0 Å². The fraction of sp³-hybridized carbons (Fsp3) is 0.353. The molecule has 1 unspecified atom stereocenters. The van der Waals surface area contributed by atoms with Gasteiger partial charge in [-0.15, -0.1) is 0 Å². The van der Waals surface area contributed by atoms with Gasteiger partial charge in [0.2, 0.25) is 0 Å². The Bertz CT molecular complexity index is 595. The Labute approximate surface area is 125 Å². The summed E-state index contributed by atoms with van der Waals surface area (Å²) in [5.41, 5.74) is 10.4. The first kappa shape index (κ1) is 15.3. The van der Waals surface area contributed by atoms with Crippen molar-refractivity contribution < 1.29 is 9.53 Å². The highest BCUT2D eigenvalue weighted by Crippen LogP contribution is 2.17. The highest BCUT2D eigenvalue weighted by molar-refractivity contribution is 5.75. The summed E-state index contributed by atoms with van der Waals surface area (Å²) in [7, 11) is 0. The number of nitrogens with two attached hydrogens (primary N) is 1. The van der Waals surface area contributed by atoms with Crippen molar-refractivity contribution in [1.82, 2.24) is 4.57 Å². The number of esters is 1. The van der Waals surface area contributed by atoms with E-state index < -0.39 is 6.04 Å². The van der Waals surface area contributed by atoms with Gasteiger partial charge in [0, 0.05) is 17.1 Å². The summed E-state index contributed by atoms with van der Waals surface area (Å²) in [6.45, 7) is 6.30. The van der Waals surface area contributed by atoms with Crippen LogP contribution in [0, 0.1) is 13.8 Å².